The maximum atomic E-state index is 12.9. The van der Waals surface area contributed by atoms with Crippen molar-refractivity contribution in [3.63, 3.8) is 0 Å². The Morgan fingerprint density at radius 1 is 1.04 bits per heavy atom. The van der Waals surface area contributed by atoms with E-state index in [4.69, 9.17) is 4.74 Å². The normalized spacial score (nSPS) is 15.9. The maximum Gasteiger partial charge on any atom is 0.341 e. The van der Waals surface area contributed by atoms with Crippen LogP contribution in [0.2, 0.25) is 0 Å². The summed E-state index contributed by atoms with van der Waals surface area (Å²) < 4.78 is 5.27. The zero-order chi connectivity index (χ0) is 18.1. The Balaban J connectivity index is 1.65. The molecule has 2 aliphatic carbocycles. The molecule has 0 aliphatic heterocycles. The first kappa shape index (κ1) is 17.7. The fourth-order valence-corrected chi connectivity index (χ4v) is 6.33. The van der Waals surface area contributed by atoms with Crippen LogP contribution in [0, 0.1) is 0 Å². The van der Waals surface area contributed by atoms with Gasteiger partial charge in [0.25, 0.3) is 5.91 Å². The number of hydrogen-bond acceptors (Lipinski definition) is 5. The molecule has 1 amide bonds. The number of thiophene rings is 2. The van der Waals surface area contributed by atoms with Gasteiger partial charge in [-0.15, -0.1) is 22.7 Å². The Kier molecular flexibility index (Phi) is 5.14. The van der Waals surface area contributed by atoms with Crippen LogP contribution in [0.25, 0.3) is 0 Å². The molecule has 0 spiro atoms. The highest BCUT2D eigenvalue weighted by Crippen LogP contribution is 2.39. The monoisotopic (exact) mass is 389 g/mol. The molecule has 0 saturated heterocycles. The third kappa shape index (κ3) is 3.21. The summed E-state index contributed by atoms with van der Waals surface area (Å²) in [5.74, 6) is -0.400. The van der Waals surface area contributed by atoms with Gasteiger partial charge in [0.2, 0.25) is 0 Å². The summed E-state index contributed by atoms with van der Waals surface area (Å²) in [5, 5.41) is 5.68. The topological polar surface area (TPSA) is 55.4 Å². The molecule has 0 radical (unpaired) electrons. The lowest BCUT2D eigenvalue weighted by atomic mass is 9.95. The smallest absolute Gasteiger partial charge is 0.341 e. The van der Waals surface area contributed by atoms with Gasteiger partial charge in [-0.3, -0.25) is 4.79 Å². The van der Waals surface area contributed by atoms with E-state index in [2.05, 4.69) is 5.32 Å². The standard InChI is InChI=1S/C20H23NO3S2/c1-2-24-20(23)17-13-8-4-6-10-16(13)26-19(17)21-18(22)14-11-25-15-9-5-3-7-12(14)15/h11H,2-10H2,1H3,(H,21,22). The number of fused-ring (bicyclic) bond motifs is 2. The first-order chi connectivity index (χ1) is 12.7. The minimum absolute atomic E-state index is 0.0893. The summed E-state index contributed by atoms with van der Waals surface area (Å²) in [6.07, 6.45) is 8.51. The lowest BCUT2D eigenvalue weighted by Crippen LogP contribution is -2.17. The summed E-state index contributed by atoms with van der Waals surface area (Å²) in [5.41, 5.74) is 3.66. The van der Waals surface area contributed by atoms with E-state index in [0.717, 1.165) is 56.1 Å². The molecule has 4 rings (SSSR count). The van der Waals surface area contributed by atoms with Crippen LogP contribution in [-0.2, 0) is 30.4 Å². The first-order valence-electron chi connectivity index (χ1n) is 9.41. The Hall–Kier alpha value is -1.66. The summed E-state index contributed by atoms with van der Waals surface area (Å²) in [6, 6.07) is 0. The fourth-order valence-electron chi connectivity index (χ4n) is 3.93. The van der Waals surface area contributed by atoms with Crippen LogP contribution < -0.4 is 5.32 Å². The van der Waals surface area contributed by atoms with Gasteiger partial charge in [-0.2, -0.15) is 0 Å². The molecule has 26 heavy (non-hydrogen) atoms. The van der Waals surface area contributed by atoms with E-state index in [9.17, 15) is 9.59 Å². The van der Waals surface area contributed by atoms with Crippen LogP contribution in [0.1, 0.15) is 74.2 Å². The number of esters is 1. The van der Waals surface area contributed by atoms with Gasteiger partial charge < -0.3 is 10.1 Å². The van der Waals surface area contributed by atoms with Crippen LogP contribution in [0.4, 0.5) is 5.00 Å². The predicted octanol–water partition coefficient (Wildman–Crippen LogP) is 5.00. The Labute approximate surface area is 161 Å². The molecule has 0 fully saturated rings. The van der Waals surface area contributed by atoms with Crippen LogP contribution in [0.15, 0.2) is 5.38 Å². The summed E-state index contributed by atoms with van der Waals surface area (Å²) in [4.78, 5) is 28.0. The van der Waals surface area contributed by atoms with E-state index >= 15 is 0 Å². The lowest BCUT2D eigenvalue weighted by Gasteiger charge is -2.13. The molecule has 0 atom stereocenters. The van der Waals surface area contributed by atoms with Crippen LogP contribution in [0.3, 0.4) is 0 Å². The Bertz CT molecular complexity index is 850. The van der Waals surface area contributed by atoms with Crippen molar-refractivity contribution in [3.8, 4) is 0 Å². The molecule has 0 unspecified atom stereocenters. The molecule has 2 aliphatic rings. The third-order valence-electron chi connectivity index (χ3n) is 5.18. The third-order valence-corrected chi connectivity index (χ3v) is 7.48. The second-order valence-corrected chi connectivity index (χ2v) is 8.92. The van der Waals surface area contributed by atoms with Gasteiger partial charge in [0.15, 0.2) is 0 Å². The number of carbonyl (C=O) groups excluding carboxylic acids is 2. The number of hydrogen-bond donors (Lipinski definition) is 1. The highest BCUT2D eigenvalue weighted by Gasteiger charge is 2.28. The van der Waals surface area contributed by atoms with Crippen molar-refractivity contribution in [2.45, 2.75) is 58.3 Å². The van der Waals surface area contributed by atoms with Crippen LogP contribution >= 0.6 is 22.7 Å². The van der Waals surface area contributed by atoms with Gasteiger partial charge in [-0.1, -0.05) is 0 Å². The van der Waals surface area contributed by atoms with E-state index in [1.165, 1.54) is 21.7 Å². The number of rotatable bonds is 4. The second kappa shape index (κ2) is 7.53. The lowest BCUT2D eigenvalue weighted by molar-refractivity contribution is 0.0526. The number of aryl methyl sites for hydroxylation is 2. The Morgan fingerprint density at radius 2 is 1.73 bits per heavy atom. The maximum absolute atomic E-state index is 12.9. The Morgan fingerprint density at radius 3 is 2.50 bits per heavy atom. The van der Waals surface area contributed by atoms with E-state index in [1.807, 2.05) is 12.3 Å². The van der Waals surface area contributed by atoms with E-state index < -0.39 is 0 Å². The minimum atomic E-state index is -0.311. The predicted molar refractivity (Wildman–Crippen MR) is 106 cm³/mol. The van der Waals surface area contributed by atoms with Gasteiger partial charge in [0, 0.05) is 15.1 Å². The van der Waals surface area contributed by atoms with Crippen LogP contribution in [0.5, 0.6) is 0 Å². The zero-order valence-corrected chi connectivity index (χ0v) is 16.6. The van der Waals surface area contributed by atoms with Gasteiger partial charge in [-0.05, 0) is 69.4 Å². The molecule has 0 aromatic carbocycles. The highest BCUT2D eigenvalue weighted by molar-refractivity contribution is 7.17. The molecule has 0 bridgehead atoms. The van der Waals surface area contributed by atoms with E-state index in [0.29, 0.717) is 17.2 Å². The average Bonchev–Trinajstić information content (AvgIpc) is 3.23. The van der Waals surface area contributed by atoms with Crippen molar-refractivity contribution in [2.24, 2.45) is 0 Å². The molecule has 2 aromatic heterocycles. The summed E-state index contributed by atoms with van der Waals surface area (Å²) in [7, 11) is 0. The largest absolute Gasteiger partial charge is 0.462 e. The van der Waals surface area contributed by atoms with Crippen molar-refractivity contribution in [1.29, 1.82) is 0 Å². The molecule has 138 valence electrons. The van der Waals surface area contributed by atoms with E-state index in [-0.39, 0.29) is 11.9 Å². The van der Waals surface area contributed by atoms with Gasteiger partial charge in [-0.25, -0.2) is 4.79 Å². The van der Waals surface area contributed by atoms with E-state index in [1.54, 1.807) is 22.7 Å². The highest BCUT2D eigenvalue weighted by atomic mass is 32.1. The quantitative estimate of drug-likeness (QED) is 0.749. The molecular formula is C20H23NO3S2. The number of anilines is 1. The summed E-state index contributed by atoms with van der Waals surface area (Å²) >= 11 is 3.24. The molecule has 2 aromatic rings. The molecule has 0 saturated carbocycles. The second-order valence-electron chi connectivity index (χ2n) is 6.85. The molecule has 2 heterocycles. The minimum Gasteiger partial charge on any atom is -0.462 e. The van der Waals surface area contributed by atoms with Gasteiger partial charge >= 0.3 is 5.97 Å². The summed E-state index contributed by atoms with van der Waals surface area (Å²) in [6.45, 7) is 2.15. The molecule has 1 N–H and O–H groups in total. The number of carbonyl (C=O) groups is 2. The molecule has 6 heteroatoms. The van der Waals surface area contributed by atoms with Crippen molar-refractivity contribution < 1.29 is 14.3 Å². The van der Waals surface area contributed by atoms with Crippen molar-refractivity contribution in [2.75, 3.05) is 11.9 Å². The fraction of sp³-hybridized carbons (Fsp3) is 0.500. The van der Waals surface area contributed by atoms with Crippen LogP contribution in [-0.4, -0.2) is 18.5 Å². The van der Waals surface area contributed by atoms with Gasteiger partial charge in [0.05, 0.1) is 17.7 Å². The van der Waals surface area contributed by atoms with Crippen molar-refractivity contribution in [1.82, 2.24) is 0 Å². The zero-order valence-electron chi connectivity index (χ0n) is 15.0. The number of amides is 1. The SMILES string of the molecule is CCOC(=O)c1c(NC(=O)c2csc3c2CCCC3)sc2c1CCCC2. The number of nitrogens with one attached hydrogen (secondary N) is 1. The average molecular weight is 390 g/mol. The molecular weight excluding hydrogens is 366 g/mol. The van der Waals surface area contributed by atoms with Crippen molar-refractivity contribution in [3.05, 3.63) is 37.4 Å². The van der Waals surface area contributed by atoms with Gasteiger partial charge in [0.1, 0.15) is 5.00 Å². The number of ether oxygens (including phenoxy) is 1. The van der Waals surface area contributed by atoms with Crippen molar-refractivity contribution >= 4 is 39.6 Å². The first-order valence-corrected chi connectivity index (χ1v) is 11.1. The molecule has 4 nitrogen and oxygen atoms in total.